The Hall–Kier alpha value is -3.36. The fourth-order valence-electron chi connectivity index (χ4n) is 2.42. The van der Waals surface area contributed by atoms with Gasteiger partial charge in [-0.2, -0.15) is 0 Å². The van der Waals surface area contributed by atoms with Crippen LogP contribution >= 0.6 is 0 Å². The maximum absolute atomic E-state index is 12.4. The van der Waals surface area contributed by atoms with Gasteiger partial charge in [0, 0.05) is 17.7 Å². The highest BCUT2D eigenvalue weighted by Crippen LogP contribution is 2.39. The molecule has 0 saturated carbocycles. The Labute approximate surface area is 155 Å². The molecule has 9 heteroatoms. The van der Waals surface area contributed by atoms with E-state index >= 15 is 0 Å². The van der Waals surface area contributed by atoms with E-state index in [0.29, 0.717) is 5.56 Å². The Morgan fingerprint density at radius 3 is 2.07 bits per heavy atom. The van der Waals surface area contributed by atoms with Gasteiger partial charge in [0.2, 0.25) is 11.6 Å². The van der Waals surface area contributed by atoms with Crippen LogP contribution in [0.3, 0.4) is 0 Å². The molecule has 2 rings (SSSR count). The van der Waals surface area contributed by atoms with Crippen molar-refractivity contribution in [2.45, 2.75) is 26.3 Å². The van der Waals surface area contributed by atoms with E-state index in [2.05, 4.69) is 5.32 Å². The van der Waals surface area contributed by atoms with Crippen LogP contribution in [0.15, 0.2) is 28.7 Å². The fraction of sp³-hybridized carbons (Fsp3) is 0.333. The summed E-state index contributed by atoms with van der Waals surface area (Å²) in [6, 6.07) is 5.51. The van der Waals surface area contributed by atoms with Gasteiger partial charge in [-0.15, -0.1) is 0 Å². The van der Waals surface area contributed by atoms with E-state index in [1.807, 2.05) is 20.8 Å². The topological polar surface area (TPSA) is 121 Å². The zero-order valence-electron chi connectivity index (χ0n) is 15.6. The highest BCUT2D eigenvalue weighted by atomic mass is 16.6. The average Bonchev–Trinajstić information content (AvgIpc) is 2.97. The third-order valence-corrected chi connectivity index (χ3v) is 3.52. The number of esters is 2. The molecule has 2 aromatic rings. The molecule has 0 saturated heterocycles. The summed E-state index contributed by atoms with van der Waals surface area (Å²) in [6.45, 7) is 5.60. The number of ether oxygens (including phenoxy) is 2. The van der Waals surface area contributed by atoms with Crippen LogP contribution < -0.4 is 5.32 Å². The van der Waals surface area contributed by atoms with Gasteiger partial charge in [-0.3, -0.25) is 10.1 Å². The third-order valence-electron chi connectivity index (χ3n) is 3.52. The molecule has 0 fully saturated rings. The van der Waals surface area contributed by atoms with Crippen LogP contribution in [0.25, 0.3) is 11.1 Å². The summed E-state index contributed by atoms with van der Waals surface area (Å²) in [7, 11) is 2.33. The molecule has 0 amide bonds. The SMILES string of the molecule is COC(=O)c1oc(NC(C)(C)C)c(-c2ccc([N+](=O)[O-])cc2)c1C(=O)OC. The van der Waals surface area contributed by atoms with Gasteiger partial charge in [-0.05, 0) is 38.5 Å². The minimum Gasteiger partial charge on any atom is -0.465 e. The highest BCUT2D eigenvalue weighted by molar-refractivity contribution is 6.09. The fourth-order valence-corrected chi connectivity index (χ4v) is 2.42. The van der Waals surface area contributed by atoms with E-state index in [9.17, 15) is 19.7 Å². The highest BCUT2D eigenvalue weighted by Gasteiger charge is 2.33. The quantitative estimate of drug-likeness (QED) is 0.477. The number of nitrogens with one attached hydrogen (secondary N) is 1. The molecule has 0 radical (unpaired) electrons. The van der Waals surface area contributed by atoms with E-state index < -0.39 is 22.4 Å². The summed E-state index contributed by atoms with van der Waals surface area (Å²) in [4.78, 5) is 34.9. The lowest BCUT2D eigenvalue weighted by Gasteiger charge is -2.21. The summed E-state index contributed by atoms with van der Waals surface area (Å²) in [6.07, 6.45) is 0. The van der Waals surface area contributed by atoms with Crippen molar-refractivity contribution < 1.29 is 28.4 Å². The zero-order valence-corrected chi connectivity index (χ0v) is 15.6. The van der Waals surface area contributed by atoms with Crippen molar-refractivity contribution in [3.05, 3.63) is 45.7 Å². The first-order valence-electron chi connectivity index (χ1n) is 7.95. The standard InChI is InChI=1S/C18H20N2O7/c1-18(2,3)19-15-12(10-6-8-11(9-7-10)20(23)24)13(16(21)25-4)14(27-15)17(22)26-5/h6-9,19H,1-5H3. The molecule has 0 bridgehead atoms. The number of anilines is 1. The van der Waals surface area contributed by atoms with Gasteiger partial charge in [0.15, 0.2) is 0 Å². The van der Waals surface area contributed by atoms with Gasteiger partial charge in [-0.1, -0.05) is 0 Å². The smallest absolute Gasteiger partial charge is 0.375 e. The maximum Gasteiger partial charge on any atom is 0.375 e. The average molecular weight is 376 g/mol. The van der Waals surface area contributed by atoms with Gasteiger partial charge in [-0.25, -0.2) is 9.59 Å². The molecule has 0 aliphatic rings. The van der Waals surface area contributed by atoms with Crippen LogP contribution in [0.1, 0.15) is 41.7 Å². The Bertz CT molecular complexity index is 876. The zero-order chi connectivity index (χ0) is 20.4. The monoisotopic (exact) mass is 376 g/mol. The van der Waals surface area contributed by atoms with Crippen molar-refractivity contribution in [2.24, 2.45) is 0 Å². The number of carbonyl (C=O) groups excluding carboxylic acids is 2. The van der Waals surface area contributed by atoms with Crippen molar-refractivity contribution in [2.75, 3.05) is 19.5 Å². The molecule has 0 aliphatic carbocycles. The molecule has 0 spiro atoms. The molecule has 9 nitrogen and oxygen atoms in total. The third kappa shape index (κ3) is 4.25. The Morgan fingerprint density at radius 1 is 1.07 bits per heavy atom. The van der Waals surface area contributed by atoms with Crippen LogP contribution in [0.2, 0.25) is 0 Å². The summed E-state index contributed by atoms with van der Waals surface area (Å²) in [5.41, 5.74) is -0.00203. The molecule has 0 unspecified atom stereocenters. The van der Waals surface area contributed by atoms with E-state index in [4.69, 9.17) is 13.9 Å². The van der Waals surface area contributed by atoms with Gasteiger partial charge in [0.1, 0.15) is 5.56 Å². The first-order valence-corrected chi connectivity index (χ1v) is 7.95. The number of carbonyl (C=O) groups is 2. The maximum atomic E-state index is 12.4. The predicted molar refractivity (Wildman–Crippen MR) is 96.9 cm³/mol. The van der Waals surface area contributed by atoms with Crippen molar-refractivity contribution >= 4 is 23.5 Å². The van der Waals surface area contributed by atoms with Gasteiger partial charge >= 0.3 is 11.9 Å². The minimum absolute atomic E-state index is 0.111. The van der Waals surface area contributed by atoms with Crippen LogP contribution in [0.5, 0.6) is 0 Å². The summed E-state index contributed by atoms with van der Waals surface area (Å²) in [5, 5.41) is 14.0. The molecule has 27 heavy (non-hydrogen) atoms. The lowest BCUT2D eigenvalue weighted by Crippen LogP contribution is -2.26. The predicted octanol–water partition coefficient (Wildman–Crippen LogP) is 3.64. The van der Waals surface area contributed by atoms with Crippen molar-refractivity contribution in [1.29, 1.82) is 0 Å². The second-order valence-electron chi connectivity index (χ2n) is 6.67. The van der Waals surface area contributed by atoms with Crippen LogP contribution in [-0.4, -0.2) is 36.6 Å². The van der Waals surface area contributed by atoms with E-state index in [1.165, 1.54) is 31.4 Å². The lowest BCUT2D eigenvalue weighted by molar-refractivity contribution is -0.384. The van der Waals surface area contributed by atoms with Crippen LogP contribution in [-0.2, 0) is 9.47 Å². The second kappa shape index (κ2) is 7.48. The number of benzene rings is 1. The first-order chi connectivity index (χ1) is 12.6. The number of hydrogen-bond acceptors (Lipinski definition) is 8. The molecule has 144 valence electrons. The van der Waals surface area contributed by atoms with Crippen LogP contribution in [0.4, 0.5) is 11.6 Å². The van der Waals surface area contributed by atoms with Gasteiger partial charge < -0.3 is 19.2 Å². The van der Waals surface area contributed by atoms with Gasteiger partial charge in [0.25, 0.3) is 5.69 Å². The molecule has 1 aromatic heterocycles. The summed E-state index contributed by atoms with van der Waals surface area (Å²) in [5.74, 6) is -1.81. The minimum atomic E-state index is -0.847. The Kier molecular flexibility index (Phi) is 5.53. The number of nitrogens with zero attached hydrogens (tertiary/aromatic N) is 1. The van der Waals surface area contributed by atoms with Crippen LogP contribution in [0, 0.1) is 10.1 Å². The normalized spacial score (nSPS) is 11.0. The molecule has 0 aliphatic heterocycles. The first kappa shape index (κ1) is 20.0. The number of non-ortho nitro benzene ring substituents is 1. The lowest BCUT2D eigenvalue weighted by atomic mass is 10.00. The summed E-state index contributed by atoms with van der Waals surface area (Å²) < 4.78 is 15.1. The second-order valence-corrected chi connectivity index (χ2v) is 6.67. The number of rotatable bonds is 5. The molecule has 1 aromatic carbocycles. The number of furan rings is 1. The number of nitro groups is 1. The number of methoxy groups -OCH3 is 2. The molecule has 1 heterocycles. The molecular formula is C18H20N2O7. The Morgan fingerprint density at radius 2 is 1.63 bits per heavy atom. The molecular weight excluding hydrogens is 356 g/mol. The number of nitro benzene ring substituents is 1. The molecule has 1 N–H and O–H groups in total. The summed E-state index contributed by atoms with van der Waals surface area (Å²) >= 11 is 0. The largest absolute Gasteiger partial charge is 0.465 e. The van der Waals surface area contributed by atoms with Crippen molar-refractivity contribution in [1.82, 2.24) is 0 Å². The van der Waals surface area contributed by atoms with Crippen molar-refractivity contribution in [3.63, 3.8) is 0 Å². The van der Waals surface area contributed by atoms with E-state index in [-0.39, 0.29) is 28.5 Å². The number of hydrogen-bond donors (Lipinski definition) is 1. The van der Waals surface area contributed by atoms with E-state index in [0.717, 1.165) is 7.11 Å². The van der Waals surface area contributed by atoms with Crippen molar-refractivity contribution in [3.8, 4) is 11.1 Å². The molecule has 0 atom stereocenters. The Balaban J connectivity index is 2.77. The van der Waals surface area contributed by atoms with Gasteiger partial charge in [0.05, 0.1) is 24.7 Å². The van der Waals surface area contributed by atoms with E-state index in [1.54, 1.807) is 0 Å².